The highest BCUT2D eigenvalue weighted by atomic mass is 28.3. The van der Waals surface area contributed by atoms with Crippen LogP contribution in [-0.2, 0) is 0 Å². The van der Waals surface area contributed by atoms with Gasteiger partial charge in [0, 0.05) is 0 Å². The Morgan fingerprint density at radius 2 is 0.943 bits per heavy atom. The zero-order chi connectivity index (χ0) is 24.7. The summed E-state index contributed by atoms with van der Waals surface area (Å²) in [6.07, 6.45) is 8.37. The molecule has 4 aromatic rings. The van der Waals surface area contributed by atoms with Crippen molar-refractivity contribution in [3.05, 3.63) is 136 Å². The molecular weight excluding hydrogens is 440 g/mol. The van der Waals surface area contributed by atoms with Crippen molar-refractivity contribution in [2.45, 2.75) is 13.1 Å². The molecule has 4 rings (SSSR count). The number of benzene rings is 4. The first-order chi connectivity index (χ1) is 17.0. The van der Waals surface area contributed by atoms with Crippen molar-refractivity contribution < 1.29 is 0 Å². The minimum absolute atomic E-state index is 0.661. The topological polar surface area (TPSA) is 28.1 Å². The summed E-state index contributed by atoms with van der Waals surface area (Å²) in [5.41, 5.74) is 5.83. The Labute approximate surface area is 209 Å². The molecule has 0 aliphatic carbocycles. The van der Waals surface area contributed by atoms with E-state index < -0.39 is 8.07 Å². The van der Waals surface area contributed by atoms with Crippen molar-refractivity contribution in [1.29, 1.82) is 5.26 Å². The van der Waals surface area contributed by atoms with Crippen LogP contribution in [0.15, 0.2) is 97.1 Å². The summed E-state index contributed by atoms with van der Waals surface area (Å²) in [6, 6.07) is 35.1. The van der Waals surface area contributed by atoms with E-state index >= 15 is 0 Å². The molecule has 168 valence electrons. The van der Waals surface area contributed by atoms with Gasteiger partial charge < -0.3 is 0 Å². The van der Waals surface area contributed by atoms with Crippen LogP contribution in [0.4, 0.5) is 5.69 Å². The van der Waals surface area contributed by atoms with Crippen molar-refractivity contribution >= 4 is 48.4 Å². The van der Waals surface area contributed by atoms with Crippen LogP contribution in [0.25, 0.3) is 29.1 Å². The van der Waals surface area contributed by atoms with E-state index in [2.05, 4.69) is 96.8 Å². The first kappa shape index (κ1) is 23.7. The van der Waals surface area contributed by atoms with Crippen LogP contribution in [0.1, 0.15) is 27.8 Å². The van der Waals surface area contributed by atoms with Gasteiger partial charge in [0.25, 0.3) is 0 Å². The fourth-order valence-corrected chi connectivity index (χ4v) is 6.24. The van der Waals surface area contributed by atoms with E-state index in [1.54, 1.807) is 0 Å². The molecule has 4 aromatic carbocycles. The van der Waals surface area contributed by atoms with E-state index in [9.17, 15) is 0 Å². The monoisotopic (exact) mass is 466 g/mol. The number of rotatable bonds is 6. The Hall–Kier alpha value is -4.44. The van der Waals surface area contributed by atoms with Crippen molar-refractivity contribution in [2.75, 3.05) is 0 Å². The summed E-state index contributed by atoms with van der Waals surface area (Å²) in [7, 11) is -1.80. The van der Waals surface area contributed by atoms with E-state index in [1.165, 1.54) is 10.4 Å². The standard InChI is InChI=1S/C32H26N2Si/c1-34-30-18-12-26(13-19-30)5-7-28-16-22-32(23-17-28)35(2,3)31-20-14-27(15-21-31)6-4-25-8-10-29(24-33)11-9-25/h4-23H,2-3H3/b6-4+,7-5+. The summed E-state index contributed by atoms with van der Waals surface area (Å²) in [5.74, 6) is 0. The number of hydrogen-bond acceptors (Lipinski definition) is 1. The van der Waals surface area contributed by atoms with E-state index in [0.29, 0.717) is 11.3 Å². The summed E-state index contributed by atoms with van der Waals surface area (Å²) in [6.45, 7) is 11.8. The minimum Gasteiger partial charge on any atom is -0.238 e. The van der Waals surface area contributed by atoms with Gasteiger partial charge >= 0.3 is 0 Å². The molecule has 0 unspecified atom stereocenters. The van der Waals surface area contributed by atoms with Crippen LogP contribution in [0.2, 0.25) is 13.1 Å². The van der Waals surface area contributed by atoms with Crippen molar-refractivity contribution in [1.82, 2.24) is 0 Å². The summed E-state index contributed by atoms with van der Waals surface area (Å²) >= 11 is 0. The van der Waals surface area contributed by atoms with Gasteiger partial charge in [-0.3, -0.25) is 0 Å². The van der Waals surface area contributed by atoms with Crippen molar-refractivity contribution in [3.63, 3.8) is 0 Å². The molecule has 3 heteroatoms. The van der Waals surface area contributed by atoms with E-state index in [1.807, 2.05) is 48.5 Å². The van der Waals surface area contributed by atoms with Crippen LogP contribution < -0.4 is 10.4 Å². The highest BCUT2D eigenvalue weighted by Gasteiger charge is 2.25. The molecule has 0 radical (unpaired) electrons. The van der Waals surface area contributed by atoms with E-state index in [4.69, 9.17) is 11.8 Å². The third-order valence-corrected chi connectivity index (χ3v) is 9.82. The van der Waals surface area contributed by atoms with E-state index in [-0.39, 0.29) is 0 Å². The van der Waals surface area contributed by atoms with Crippen molar-refractivity contribution in [3.8, 4) is 6.07 Å². The summed E-state index contributed by atoms with van der Waals surface area (Å²) in [5, 5.41) is 11.7. The van der Waals surface area contributed by atoms with Gasteiger partial charge in [0.05, 0.1) is 18.2 Å². The maximum absolute atomic E-state index is 8.93. The highest BCUT2D eigenvalue weighted by molar-refractivity contribution is 7.00. The van der Waals surface area contributed by atoms with Gasteiger partial charge in [-0.2, -0.15) is 5.26 Å². The third kappa shape index (κ3) is 5.92. The molecule has 0 saturated heterocycles. The lowest BCUT2D eigenvalue weighted by atomic mass is 10.1. The molecule has 0 atom stereocenters. The largest absolute Gasteiger partial charge is 0.238 e. The maximum Gasteiger partial charge on any atom is 0.187 e. The molecule has 0 spiro atoms. The second-order valence-electron chi connectivity index (χ2n) is 8.97. The minimum atomic E-state index is -1.80. The van der Waals surface area contributed by atoms with Crippen LogP contribution in [0.3, 0.4) is 0 Å². The van der Waals surface area contributed by atoms with Crippen LogP contribution in [0, 0.1) is 17.9 Å². The second kappa shape index (κ2) is 10.7. The molecule has 0 N–H and O–H groups in total. The molecule has 0 saturated carbocycles. The molecule has 0 bridgehead atoms. The Morgan fingerprint density at radius 1 is 0.600 bits per heavy atom. The lowest BCUT2D eigenvalue weighted by Gasteiger charge is -2.24. The molecule has 0 heterocycles. The first-order valence-corrected chi connectivity index (χ1v) is 14.5. The molecular formula is C32H26N2Si. The quantitative estimate of drug-likeness (QED) is 0.167. The Bertz CT molecular complexity index is 1310. The molecule has 0 amide bonds. The van der Waals surface area contributed by atoms with Gasteiger partial charge in [-0.15, -0.1) is 0 Å². The van der Waals surface area contributed by atoms with Gasteiger partial charge in [-0.25, -0.2) is 4.85 Å². The van der Waals surface area contributed by atoms with Gasteiger partial charge in [-0.1, -0.05) is 133 Å². The molecule has 0 aliphatic heterocycles. The third-order valence-electron chi connectivity index (χ3n) is 6.26. The highest BCUT2D eigenvalue weighted by Crippen LogP contribution is 2.16. The van der Waals surface area contributed by atoms with Crippen LogP contribution >= 0.6 is 0 Å². The average Bonchev–Trinajstić information content (AvgIpc) is 2.92. The predicted molar refractivity (Wildman–Crippen MR) is 151 cm³/mol. The molecule has 35 heavy (non-hydrogen) atoms. The zero-order valence-electron chi connectivity index (χ0n) is 19.9. The Balaban J connectivity index is 1.44. The lowest BCUT2D eigenvalue weighted by Crippen LogP contribution is -2.52. The van der Waals surface area contributed by atoms with Crippen molar-refractivity contribution in [2.24, 2.45) is 0 Å². The van der Waals surface area contributed by atoms with Gasteiger partial charge in [0.2, 0.25) is 0 Å². The van der Waals surface area contributed by atoms with E-state index in [0.717, 1.165) is 22.3 Å². The first-order valence-electron chi connectivity index (χ1n) is 11.5. The lowest BCUT2D eigenvalue weighted by molar-refractivity contribution is 1.48. The maximum atomic E-state index is 8.93. The molecule has 0 aromatic heterocycles. The Morgan fingerprint density at radius 3 is 1.29 bits per heavy atom. The predicted octanol–water partition coefficient (Wildman–Crippen LogP) is 7.27. The number of nitrogens with zero attached hydrogens (tertiary/aromatic N) is 2. The van der Waals surface area contributed by atoms with Gasteiger partial charge in [-0.05, 0) is 34.4 Å². The smallest absolute Gasteiger partial charge is 0.187 e. The summed E-state index contributed by atoms with van der Waals surface area (Å²) < 4.78 is 0. The SMILES string of the molecule is [C-]#[N+]c1ccc(/C=C/c2ccc([Si](C)(C)c3ccc(/C=C/c4ccc(C#N)cc4)cc3)cc2)cc1. The Kier molecular flexibility index (Phi) is 7.22. The number of nitriles is 1. The number of hydrogen-bond donors (Lipinski definition) is 0. The van der Waals surface area contributed by atoms with Crippen LogP contribution in [-0.4, -0.2) is 8.07 Å². The zero-order valence-corrected chi connectivity index (χ0v) is 20.9. The fourth-order valence-electron chi connectivity index (χ4n) is 3.90. The average molecular weight is 467 g/mol. The summed E-state index contributed by atoms with van der Waals surface area (Å²) in [4.78, 5) is 3.44. The van der Waals surface area contributed by atoms with Gasteiger partial charge in [0.15, 0.2) is 5.69 Å². The molecule has 0 aliphatic rings. The second-order valence-corrected chi connectivity index (χ2v) is 13.4. The van der Waals surface area contributed by atoms with Crippen LogP contribution in [0.5, 0.6) is 0 Å². The van der Waals surface area contributed by atoms with Gasteiger partial charge in [0.1, 0.15) is 8.07 Å². The molecule has 2 nitrogen and oxygen atoms in total. The molecule has 0 fully saturated rings. The fraction of sp³-hybridized carbons (Fsp3) is 0.0625. The normalized spacial score (nSPS) is 11.4.